The van der Waals surface area contributed by atoms with E-state index < -0.39 is 0 Å². The topological polar surface area (TPSA) is 83.9 Å². The maximum absolute atomic E-state index is 12.5. The minimum atomic E-state index is -0.192. The average molecular weight is 343 g/mol. The third kappa shape index (κ3) is 2.73. The molecule has 1 saturated heterocycles. The predicted octanol–water partition coefficient (Wildman–Crippen LogP) is 1.59. The molecule has 0 saturated carbocycles. The van der Waals surface area contributed by atoms with Crippen molar-refractivity contribution in [1.82, 2.24) is 24.4 Å². The second kappa shape index (κ2) is 6.20. The predicted molar refractivity (Wildman–Crippen MR) is 91.0 cm³/mol. The van der Waals surface area contributed by atoms with E-state index in [2.05, 4.69) is 15.0 Å². The number of H-pyrrole nitrogens is 1. The van der Waals surface area contributed by atoms with E-state index in [1.807, 2.05) is 22.4 Å². The Kier molecular flexibility index (Phi) is 3.89. The lowest BCUT2D eigenvalue weighted by Gasteiger charge is -2.33. The molecule has 124 valence electrons. The van der Waals surface area contributed by atoms with Gasteiger partial charge in [-0.2, -0.15) is 0 Å². The summed E-state index contributed by atoms with van der Waals surface area (Å²) < 4.78 is 1.67. The lowest BCUT2D eigenvalue weighted by atomic mass is 10.0. The van der Waals surface area contributed by atoms with Gasteiger partial charge in [0.25, 0.3) is 0 Å². The maximum atomic E-state index is 12.5. The Morgan fingerprint density at radius 1 is 1.46 bits per heavy atom. The Bertz CT molecular complexity index is 914. The van der Waals surface area contributed by atoms with Gasteiger partial charge in [-0.25, -0.2) is 14.8 Å². The quantitative estimate of drug-likeness (QED) is 0.783. The van der Waals surface area contributed by atoms with E-state index in [1.165, 1.54) is 6.33 Å². The van der Waals surface area contributed by atoms with Gasteiger partial charge in [-0.15, -0.1) is 11.3 Å². The molecule has 1 atom stereocenters. The Hall–Kier alpha value is -2.48. The zero-order valence-electron chi connectivity index (χ0n) is 13.0. The fourth-order valence-corrected chi connectivity index (χ4v) is 3.98. The summed E-state index contributed by atoms with van der Waals surface area (Å²) in [5.41, 5.74) is 1.04. The fraction of sp³-hybridized carbons (Fsp3) is 0.375. The van der Waals surface area contributed by atoms with E-state index >= 15 is 0 Å². The summed E-state index contributed by atoms with van der Waals surface area (Å²) in [6.45, 7) is 1.29. The van der Waals surface area contributed by atoms with Crippen LogP contribution in [0, 0.1) is 0 Å². The summed E-state index contributed by atoms with van der Waals surface area (Å²) >= 11 is 1.59. The first-order valence-corrected chi connectivity index (χ1v) is 8.81. The van der Waals surface area contributed by atoms with Gasteiger partial charge in [0.2, 0.25) is 5.91 Å². The number of nitrogens with one attached hydrogen (secondary N) is 1. The van der Waals surface area contributed by atoms with Gasteiger partial charge in [0, 0.05) is 18.0 Å². The van der Waals surface area contributed by atoms with Crippen LogP contribution in [0.1, 0.15) is 23.8 Å². The fourth-order valence-electron chi connectivity index (χ4n) is 3.28. The summed E-state index contributed by atoms with van der Waals surface area (Å²) in [5, 5.41) is 1.98. The van der Waals surface area contributed by atoms with Crippen LogP contribution in [0.3, 0.4) is 0 Å². The van der Waals surface area contributed by atoms with Crippen LogP contribution < -0.4 is 5.69 Å². The standard InChI is InChI=1S/C16H17N5O2S/c22-14(7-12-4-2-6-24-12)20-5-1-3-11(9-20)21-15-13(19-16(21)23)8-17-10-18-15/h2,4,6,8,10-11H,1,3,5,7,9H2,(H,19,23)/t11-/m0/s1. The molecule has 7 nitrogen and oxygen atoms in total. The van der Waals surface area contributed by atoms with Crippen molar-refractivity contribution in [2.75, 3.05) is 13.1 Å². The Balaban J connectivity index is 1.57. The third-order valence-electron chi connectivity index (χ3n) is 4.40. The molecule has 0 aromatic carbocycles. The van der Waals surface area contributed by atoms with Crippen molar-refractivity contribution in [3.05, 3.63) is 45.4 Å². The number of nitrogens with zero attached hydrogens (tertiary/aromatic N) is 4. The minimum Gasteiger partial charge on any atom is -0.340 e. The van der Waals surface area contributed by atoms with Crippen LogP contribution in [0.2, 0.25) is 0 Å². The number of carbonyl (C=O) groups is 1. The Labute approximate surface area is 142 Å². The van der Waals surface area contributed by atoms with Crippen molar-refractivity contribution in [1.29, 1.82) is 0 Å². The average Bonchev–Trinajstić information content (AvgIpc) is 3.21. The Morgan fingerprint density at radius 3 is 3.21 bits per heavy atom. The van der Waals surface area contributed by atoms with E-state index in [9.17, 15) is 9.59 Å². The number of fused-ring (bicyclic) bond motifs is 1. The number of aromatic amines is 1. The van der Waals surface area contributed by atoms with Gasteiger partial charge in [0.15, 0.2) is 5.65 Å². The highest BCUT2D eigenvalue weighted by Crippen LogP contribution is 2.23. The molecule has 1 N–H and O–H groups in total. The van der Waals surface area contributed by atoms with Crippen LogP contribution in [-0.2, 0) is 11.2 Å². The minimum absolute atomic E-state index is 0.0535. The van der Waals surface area contributed by atoms with E-state index in [4.69, 9.17) is 0 Å². The number of hydrogen-bond acceptors (Lipinski definition) is 5. The number of aromatic nitrogens is 4. The van der Waals surface area contributed by atoms with Gasteiger partial charge in [-0.1, -0.05) is 6.07 Å². The molecule has 0 unspecified atom stereocenters. The van der Waals surface area contributed by atoms with Crippen molar-refractivity contribution in [3.63, 3.8) is 0 Å². The lowest BCUT2D eigenvalue weighted by Crippen LogP contribution is -2.43. The number of carbonyl (C=O) groups excluding carboxylic acids is 1. The number of imidazole rings is 1. The highest BCUT2D eigenvalue weighted by molar-refractivity contribution is 7.10. The first-order chi connectivity index (χ1) is 11.7. The molecule has 0 radical (unpaired) electrons. The van der Waals surface area contributed by atoms with Gasteiger partial charge < -0.3 is 9.88 Å². The van der Waals surface area contributed by atoms with Gasteiger partial charge in [-0.05, 0) is 24.3 Å². The molecule has 0 spiro atoms. The first kappa shape index (κ1) is 15.1. The molecule has 3 aromatic heterocycles. The van der Waals surface area contributed by atoms with E-state index in [1.54, 1.807) is 22.1 Å². The molecule has 0 bridgehead atoms. The zero-order chi connectivity index (χ0) is 16.5. The highest BCUT2D eigenvalue weighted by Gasteiger charge is 2.27. The Morgan fingerprint density at radius 2 is 2.38 bits per heavy atom. The molecule has 1 aliphatic heterocycles. The molecule has 3 aromatic rings. The number of piperidine rings is 1. The van der Waals surface area contributed by atoms with Crippen molar-refractivity contribution in [3.8, 4) is 0 Å². The largest absolute Gasteiger partial charge is 0.340 e. The van der Waals surface area contributed by atoms with Crippen LogP contribution in [0.25, 0.3) is 11.2 Å². The molecule has 4 heterocycles. The van der Waals surface area contributed by atoms with Gasteiger partial charge in [-0.3, -0.25) is 9.36 Å². The lowest BCUT2D eigenvalue weighted by molar-refractivity contribution is -0.132. The van der Waals surface area contributed by atoms with Crippen molar-refractivity contribution >= 4 is 28.4 Å². The van der Waals surface area contributed by atoms with Crippen LogP contribution in [0.15, 0.2) is 34.8 Å². The number of hydrogen-bond donors (Lipinski definition) is 1. The third-order valence-corrected chi connectivity index (χ3v) is 5.28. The van der Waals surface area contributed by atoms with E-state index in [-0.39, 0.29) is 17.6 Å². The summed E-state index contributed by atoms with van der Waals surface area (Å²) in [4.78, 5) is 38.7. The van der Waals surface area contributed by atoms with E-state index in [0.29, 0.717) is 24.1 Å². The van der Waals surface area contributed by atoms with E-state index in [0.717, 1.165) is 24.3 Å². The van der Waals surface area contributed by atoms with Crippen LogP contribution in [0.4, 0.5) is 0 Å². The molecule has 0 aliphatic carbocycles. The molecular weight excluding hydrogens is 326 g/mol. The van der Waals surface area contributed by atoms with Crippen molar-refractivity contribution < 1.29 is 4.79 Å². The SMILES string of the molecule is O=C(Cc1cccs1)N1CCC[C@H](n2c(=O)[nH]c3cncnc32)C1. The van der Waals surface area contributed by atoms with Crippen LogP contribution in [-0.4, -0.2) is 43.4 Å². The van der Waals surface area contributed by atoms with Crippen molar-refractivity contribution in [2.45, 2.75) is 25.3 Å². The maximum Gasteiger partial charge on any atom is 0.328 e. The number of amides is 1. The number of likely N-dealkylation sites (tertiary alicyclic amines) is 1. The van der Waals surface area contributed by atoms with Gasteiger partial charge >= 0.3 is 5.69 Å². The normalized spacial score (nSPS) is 18.2. The highest BCUT2D eigenvalue weighted by atomic mass is 32.1. The monoisotopic (exact) mass is 343 g/mol. The number of thiophene rings is 1. The molecule has 8 heteroatoms. The number of rotatable bonds is 3. The molecule has 1 amide bonds. The molecular formula is C16H17N5O2S. The second-order valence-corrected chi connectivity index (χ2v) is 6.98. The zero-order valence-corrected chi connectivity index (χ0v) is 13.8. The van der Waals surface area contributed by atoms with Crippen molar-refractivity contribution in [2.24, 2.45) is 0 Å². The van der Waals surface area contributed by atoms with Gasteiger partial charge in [0.1, 0.15) is 11.8 Å². The molecule has 24 heavy (non-hydrogen) atoms. The van der Waals surface area contributed by atoms with Gasteiger partial charge in [0.05, 0.1) is 18.7 Å². The second-order valence-electron chi connectivity index (χ2n) is 5.95. The molecule has 1 fully saturated rings. The summed E-state index contributed by atoms with van der Waals surface area (Å²) in [6.07, 6.45) is 5.21. The molecule has 4 rings (SSSR count). The smallest absolute Gasteiger partial charge is 0.328 e. The summed E-state index contributed by atoms with van der Waals surface area (Å²) in [6, 6.07) is 3.88. The summed E-state index contributed by atoms with van der Waals surface area (Å²) in [7, 11) is 0. The first-order valence-electron chi connectivity index (χ1n) is 7.93. The molecule has 1 aliphatic rings. The summed E-state index contributed by atoms with van der Waals surface area (Å²) in [5.74, 6) is 0.115. The van der Waals surface area contributed by atoms with Crippen LogP contribution in [0.5, 0.6) is 0 Å². The van der Waals surface area contributed by atoms with Crippen LogP contribution >= 0.6 is 11.3 Å².